The Morgan fingerprint density at radius 2 is 1.66 bits per heavy atom. The fraction of sp³-hybridized carbons (Fsp3) is 0.292. The molecule has 1 heterocycles. The molecule has 3 rings (SSSR count). The van der Waals surface area contributed by atoms with Gasteiger partial charge in [0.05, 0.1) is 17.2 Å². The highest BCUT2D eigenvalue weighted by atomic mass is 32.2. The number of hydrogen-bond donors (Lipinski definition) is 1. The molecule has 0 saturated carbocycles. The molecular weight excluding hydrogens is 429 g/mol. The number of rotatable bonds is 9. The van der Waals surface area contributed by atoms with Crippen LogP contribution in [0.4, 0.5) is 4.39 Å². The number of pyridine rings is 1. The zero-order valence-corrected chi connectivity index (χ0v) is 19.3. The summed E-state index contributed by atoms with van der Waals surface area (Å²) >= 11 is 0. The molecule has 0 fully saturated rings. The summed E-state index contributed by atoms with van der Waals surface area (Å²) in [5.41, 5.74) is 3.95. The van der Waals surface area contributed by atoms with Crippen molar-refractivity contribution in [3.8, 4) is 28.3 Å². The van der Waals surface area contributed by atoms with E-state index in [-0.39, 0.29) is 10.7 Å². The topological polar surface area (TPSA) is 85.5 Å². The Labute approximate surface area is 188 Å². The molecule has 0 spiro atoms. The zero-order chi connectivity index (χ0) is 23.3. The lowest BCUT2D eigenvalue weighted by atomic mass is 9.98. The first-order chi connectivity index (χ1) is 15.2. The minimum absolute atomic E-state index is 0.0441. The maximum Gasteiger partial charge on any atom is 0.238 e. The Hall–Kier alpha value is -2.81. The molecule has 0 radical (unpaired) electrons. The number of unbranched alkanes of at least 4 members (excludes halogenated alkanes) is 1. The van der Waals surface area contributed by atoms with Gasteiger partial charge in [-0.05, 0) is 74.1 Å². The first kappa shape index (κ1) is 23.8. The second-order valence-corrected chi connectivity index (χ2v) is 9.42. The van der Waals surface area contributed by atoms with Crippen LogP contribution in [0.15, 0.2) is 59.5 Å². The first-order valence-corrected chi connectivity index (χ1v) is 11.9. The number of nitrogens with two attached hydrogens (primary N) is 1. The summed E-state index contributed by atoms with van der Waals surface area (Å²) in [6, 6.07) is 14.5. The van der Waals surface area contributed by atoms with Crippen LogP contribution in [0, 0.1) is 5.82 Å². The number of sulfonamides is 1. The maximum atomic E-state index is 13.5. The molecule has 1 aromatic heterocycles. The molecule has 170 valence electrons. The predicted molar refractivity (Wildman–Crippen MR) is 124 cm³/mol. The van der Waals surface area contributed by atoms with Gasteiger partial charge in [-0.1, -0.05) is 25.5 Å². The molecule has 6 nitrogen and oxygen atoms in total. The number of halogens is 1. The molecule has 0 aliphatic rings. The quantitative estimate of drug-likeness (QED) is 0.480. The molecule has 2 N–H and O–H groups in total. The first-order valence-electron chi connectivity index (χ1n) is 10.4. The lowest BCUT2D eigenvalue weighted by Gasteiger charge is -2.20. The minimum Gasteiger partial charge on any atom is -0.477 e. The van der Waals surface area contributed by atoms with Crippen LogP contribution in [0.2, 0.25) is 0 Å². The zero-order valence-electron chi connectivity index (χ0n) is 18.5. The van der Waals surface area contributed by atoms with Crippen molar-refractivity contribution in [2.45, 2.75) is 31.2 Å². The number of ether oxygens (including phenoxy) is 1. The maximum absolute atomic E-state index is 13.5. The normalized spacial score (nSPS) is 11.7. The third kappa shape index (κ3) is 5.91. The third-order valence-corrected chi connectivity index (χ3v) is 5.86. The van der Waals surface area contributed by atoms with Crippen LogP contribution in [-0.4, -0.2) is 39.0 Å². The molecular formula is C24H28FN3O3S. The van der Waals surface area contributed by atoms with Crippen LogP contribution >= 0.6 is 0 Å². The van der Waals surface area contributed by atoms with Crippen LogP contribution in [0.5, 0.6) is 5.88 Å². The molecule has 0 aliphatic carbocycles. The Balaban J connectivity index is 2.19. The number of aromatic nitrogens is 1. The van der Waals surface area contributed by atoms with E-state index in [1.807, 2.05) is 25.1 Å². The van der Waals surface area contributed by atoms with Gasteiger partial charge in [-0.25, -0.2) is 22.9 Å². The number of primary sulfonamides is 1. The lowest BCUT2D eigenvalue weighted by Crippen LogP contribution is -2.15. The summed E-state index contributed by atoms with van der Waals surface area (Å²) in [7, 11) is 0.122. The van der Waals surface area contributed by atoms with E-state index in [1.54, 1.807) is 24.3 Å². The van der Waals surface area contributed by atoms with E-state index in [4.69, 9.17) is 14.9 Å². The van der Waals surface area contributed by atoms with Gasteiger partial charge in [0.15, 0.2) is 0 Å². The van der Waals surface area contributed by atoms with Crippen LogP contribution in [0.1, 0.15) is 25.3 Å². The fourth-order valence-electron chi connectivity index (χ4n) is 3.30. The van der Waals surface area contributed by atoms with Crippen molar-refractivity contribution in [2.24, 2.45) is 5.14 Å². The van der Waals surface area contributed by atoms with Crippen LogP contribution in [-0.2, 0) is 16.6 Å². The number of hydrogen-bond acceptors (Lipinski definition) is 5. The van der Waals surface area contributed by atoms with Gasteiger partial charge >= 0.3 is 0 Å². The van der Waals surface area contributed by atoms with Gasteiger partial charge in [-0.15, -0.1) is 0 Å². The van der Waals surface area contributed by atoms with Crippen molar-refractivity contribution in [3.05, 3.63) is 66.0 Å². The molecule has 32 heavy (non-hydrogen) atoms. The average molecular weight is 458 g/mol. The van der Waals surface area contributed by atoms with E-state index in [0.717, 1.165) is 35.1 Å². The molecule has 0 bridgehead atoms. The van der Waals surface area contributed by atoms with Gasteiger partial charge in [-0.3, -0.25) is 0 Å². The Morgan fingerprint density at radius 3 is 2.22 bits per heavy atom. The van der Waals surface area contributed by atoms with Crippen molar-refractivity contribution in [1.29, 1.82) is 0 Å². The molecule has 0 unspecified atom stereocenters. The van der Waals surface area contributed by atoms with E-state index >= 15 is 0 Å². The monoisotopic (exact) mass is 457 g/mol. The van der Waals surface area contributed by atoms with Crippen molar-refractivity contribution in [2.75, 3.05) is 20.7 Å². The van der Waals surface area contributed by atoms with Gasteiger partial charge in [0, 0.05) is 17.7 Å². The highest BCUT2D eigenvalue weighted by Gasteiger charge is 2.18. The summed E-state index contributed by atoms with van der Waals surface area (Å²) in [5.74, 6) is 0.190. The van der Waals surface area contributed by atoms with Crippen molar-refractivity contribution >= 4 is 10.0 Å². The molecule has 8 heteroatoms. The van der Waals surface area contributed by atoms with Gasteiger partial charge in [0.25, 0.3) is 0 Å². The second-order valence-electron chi connectivity index (χ2n) is 7.85. The molecule has 3 aromatic rings. The van der Waals surface area contributed by atoms with Gasteiger partial charge in [0.2, 0.25) is 15.9 Å². The van der Waals surface area contributed by atoms with E-state index in [9.17, 15) is 12.8 Å². The van der Waals surface area contributed by atoms with Crippen LogP contribution < -0.4 is 9.88 Å². The predicted octanol–water partition coefficient (Wildman–Crippen LogP) is 4.44. The number of benzene rings is 2. The summed E-state index contributed by atoms with van der Waals surface area (Å²) in [5, 5.41) is 5.25. The Kier molecular flexibility index (Phi) is 7.60. The highest BCUT2D eigenvalue weighted by molar-refractivity contribution is 7.89. The number of nitrogens with zero attached hydrogens (tertiary/aromatic N) is 2. The van der Waals surface area contributed by atoms with E-state index < -0.39 is 10.0 Å². The third-order valence-electron chi connectivity index (χ3n) is 4.93. The van der Waals surface area contributed by atoms with E-state index in [1.165, 1.54) is 24.3 Å². The SMILES string of the molecule is CCCCOc1nc(-c2ccc(F)cc2)cc(-c2ccc(S(N)(=O)=O)cc2)c1CN(C)C. The van der Waals surface area contributed by atoms with Gasteiger partial charge < -0.3 is 9.64 Å². The van der Waals surface area contributed by atoms with Crippen molar-refractivity contribution in [1.82, 2.24) is 9.88 Å². The smallest absolute Gasteiger partial charge is 0.238 e. The lowest BCUT2D eigenvalue weighted by molar-refractivity contribution is 0.288. The Morgan fingerprint density at radius 1 is 1.03 bits per heavy atom. The van der Waals surface area contributed by atoms with Gasteiger partial charge in [-0.2, -0.15) is 0 Å². The summed E-state index contributed by atoms with van der Waals surface area (Å²) < 4.78 is 42.9. The largest absolute Gasteiger partial charge is 0.477 e. The average Bonchev–Trinajstić information content (AvgIpc) is 2.74. The molecule has 0 atom stereocenters. The molecule has 0 amide bonds. The van der Waals surface area contributed by atoms with E-state index in [0.29, 0.717) is 24.7 Å². The molecule has 0 saturated heterocycles. The summed E-state index contributed by atoms with van der Waals surface area (Å²) in [4.78, 5) is 6.81. The summed E-state index contributed by atoms with van der Waals surface area (Å²) in [6.07, 6.45) is 1.88. The van der Waals surface area contributed by atoms with Crippen molar-refractivity contribution in [3.63, 3.8) is 0 Å². The van der Waals surface area contributed by atoms with Crippen LogP contribution in [0.25, 0.3) is 22.4 Å². The van der Waals surface area contributed by atoms with Crippen LogP contribution in [0.3, 0.4) is 0 Å². The van der Waals surface area contributed by atoms with Crippen molar-refractivity contribution < 1.29 is 17.5 Å². The fourth-order valence-corrected chi connectivity index (χ4v) is 3.82. The second kappa shape index (κ2) is 10.2. The summed E-state index contributed by atoms with van der Waals surface area (Å²) in [6.45, 7) is 3.19. The molecule has 0 aliphatic heterocycles. The minimum atomic E-state index is -3.79. The van der Waals surface area contributed by atoms with Gasteiger partial charge in [0.1, 0.15) is 5.82 Å². The standard InChI is InChI=1S/C24H28FN3O3S/c1-4-5-14-31-24-22(16-28(2)3)21(17-8-12-20(13-9-17)32(26,29)30)15-23(27-24)18-6-10-19(25)11-7-18/h6-13,15H,4-5,14,16H2,1-3H3,(H2,26,29,30). The van der Waals surface area contributed by atoms with E-state index in [2.05, 4.69) is 6.92 Å². The Bertz CT molecular complexity index is 1160. The highest BCUT2D eigenvalue weighted by Crippen LogP contribution is 2.35. The molecule has 2 aromatic carbocycles.